The molecule has 2 aromatic heterocycles. The lowest BCUT2D eigenvalue weighted by Crippen LogP contribution is -2.36. The Morgan fingerprint density at radius 1 is 1.20 bits per heavy atom. The molecule has 11 heteroatoms. The maximum Gasteiger partial charge on any atom is 0.416 e. The second-order valence-corrected chi connectivity index (χ2v) is 8.58. The van der Waals surface area contributed by atoms with Crippen LogP contribution in [0.15, 0.2) is 41.3 Å². The van der Waals surface area contributed by atoms with Crippen molar-refractivity contribution in [1.82, 2.24) is 19.9 Å². The van der Waals surface area contributed by atoms with Crippen molar-refractivity contribution in [1.29, 1.82) is 0 Å². The Kier molecular flexibility index (Phi) is 6.51. The molecule has 0 unspecified atom stereocenters. The van der Waals surface area contributed by atoms with Crippen molar-refractivity contribution in [3.8, 4) is 0 Å². The van der Waals surface area contributed by atoms with Crippen molar-refractivity contribution in [2.24, 2.45) is 0 Å². The first-order valence-corrected chi connectivity index (χ1v) is 11.0. The van der Waals surface area contributed by atoms with Gasteiger partial charge in [0.05, 0.1) is 5.56 Å². The molecule has 35 heavy (non-hydrogen) atoms. The molecule has 3 aromatic rings. The van der Waals surface area contributed by atoms with E-state index in [1.165, 1.54) is 10.8 Å². The quantitative estimate of drug-likeness (QED) is 0.493. The van der Waals surface area contributed by atoms with Crippen LogP contribution in [0.1, 0.15) is 46.1 Å². The minimum Gasteiger partial charge on any atom is -0.384 e. The second-order valence-electron chi connectivity index (χ2n) is 8.58. The number of hydrogen-bond acceptors (Lipinski definition) is 6. The van der Waals surface area contributed by atoms with Gasteiger partial charge >= 0.3 is 6.18 Å². The summed E-state index contributed by atoms with van der Waals surface area (Å²) in [5.74, 6) is 0.0523. The third kappa shape index (κ3) is 5.28. The first-order chi connectivity index (χ1) is 16.5. The molecule has 0 bridgehead atoms. The van der Waals surface area contributed by atoms with Crippen molar-refractivity contribution < 1.29 is 18.0 Å². The number of rotatable bonds is 6. The van der Waals surface area contributed by atoms with Gasteiger partial charge in [-0.3, -0.25) is 14.2 Å². The molecular formula is C24H25F3N6O2. The fraction of sp³-hybridized carbons (Fsp3) is 0.333. The molecule has 0 saturated carbocycles. The van der Waals surface area contributed by atoms with Gasteiger partial charge < -0.3 is 16.4 Å². The Morgan fingerprint density at radius 3 is 2.69 bits per heavy atom. The minimum atomic E-state index is -4.46. The number of hydrogen-bond donors (Lipinski definition) is 3. The highest BCUT2D eigenvalue weighted by Gasteiger charge is 2.32. The number of benzene rings is 1. The number of aryl methyl sites for hydroxylation is 3. The number of nitrogens with two attached hydrogens (primary N) is 1. The van der Waals surface area contributed by atoms with E-state index < -0.39 is 23.3 Å². The molecule has 1 amide bonds. The van der Waals surface area contributed by atoms with E-state index in [4.69, 9.17) is 5.73 Å². The fourth-order valence-corrected chi connectivity index (χ4v) is 4.22. The Balaban J connectivity index is 1.49. The zero-order valence-electron chi connectivity index (χ0n) is 19.2. The fourth-order valence-electron chi connectivity index (χ4n) is 4.22. The van der Waals surface area contributed by atoms with E-state index in [2.05, 4.69) is 20.6 Å². The van der Waals surface area contributed by atoms with Gasteiger partial charge in [-0.05, 0) is 56.0 Å². The molecule has 3 heterocycles. The number of fused-ring (bicyclic) bond motifs is 1. The summed E-state index contributed by atoms with van der Waals surface area (Å²) in [6, 6.07) is 6.44. The molecule has 0 saturated heterocycles. The summed E-state index contributed by atoms with van der Waals surface area (Å²) < 4.78 is 40.8. The smallest absolute Gasteiger partial charge is 0.384 e. The monoisotopic (exact) mass is 486 g/mol. The lowest BCUT2D eigenvalue weighted by Gasteiger charge is -2.16. The summed E-state index contributed by atoms with van der Waals surface area (Å²) in [7, 11) is 0. The minimum absolute atomic E-state index is 0.0212. The van der Waals surface area contributed by atoms with Gasteiger partial charge in [-0.2, -0.15) is 13.2 Å². The van der Waals surface area contributed by atoms with Gasteiger partial charge in [-0.25, -0.2) is 9.97 Å². The molecule has 0 aliphatic carbocycles. The summed E-state index contributed by atoms with van der Waals surface area (Å²) in [5, 5.41) is 5.68. The van der Waals surface area contributed by atoms with Gasteiger partial charge in [0.1, 0.15) is 11.9 Å². The van der Waals surface area contributed by atoms with Gasteiger partial charge in [0, 0.05) is 30.7 Å². The summed E-state index contributed by atoms with van der Waals surface area (Å²) in [6.07, 6.45) is -2.00. The SMILES string of the molecule is Cc1cc(CNc2ncc3n(c2=O)[C@H](C(=O)NCc2ccc(N)nc2C)CC3)cc(C(F)(F)F)c1. The van der Waals surface area contributed by atoms with Crippen molar-refractivity contribution in [3.63, 3.8) is 0 Å². The molecule has 8 nitrogen and oxygen atoms in total. The van der Waals surface area contributed by atoms with Crippen LogP contribution in [0.4, 0.5) is 24.8 Å². The number of carbonyl (C=O) groups excluding carboxylic acids is 1. The highest BCUT2D eigenvalue weighted by molar-refractivity contribution is 5.81. The predicted molar refractivity (Wildman–Crippen MR) is 125 cm³/mol. The number of halogens is 3. The van der Waals surface area contributed by atoms with Gasteiger partial charge in [0.25, 0.3) is 5.56 Å². The number of nitrogen functional groups attached to an aromatic ring is 1. The summed E-state index contributed by atoms with van der Waals surface area (Å²) >= 11 is 0. The summed E-state index contributed by atoms with van der Waals surface area (Å²) in [5.41, 5.74) is 7.38. The first-order valence-electron chi connectivity index (χ1n) is 11.0. The van der Waals surface area contributed by atoms with E-state index >= 15 is 0 Å². The highest BCUT2D eigenvalue weighted by Crippen LogP contribution is 2.31. The maximum absolute atomic E-state index is 13.1. The average molecular weight is 486 g/mol. The summed E-state index contributed by atoms with van der Waals surface area (Å²) in [6.45, 7) is 3.59. The van der Waals surface area contributed by atoms with Crippen LogP contribution in [0.5, 0.6) is 0 Å². The van der Waals surface area contributed by atoms with Crippen LogP contribution >= 0.6 is 0 Å². The Labute approximate surface area is 199 Å². The van der Waals surface area contributed by atoms with Crippen molar-refractivity contribution >= 4 is 17.5 Å². The van der Waals surface area contributed by atoms with Crippen LogP contribution in [0.2, 0.25) is 0 Å². The van der Waals surface area contributed by atoms with Crippen molar-refractivity contribution in [2.45, 2.75) is 52.0 Å². The standard InChI is InChI=1S/C24H25F3N6O2/c1-13-7-15(9-17(8-13)24(25,26)27)10-29-21-23(35)33-18(12-30-21)4-5-19(33)22(34)31-11-16-3-6-20(28)32-14(16)2/h3,6-9,12,19H,4-5,10-11H2,1-2H3,(H2,28,32)(H,29,30)(H,31,34)/t19-/m0/s1. The molecule has 1 aliphatic rings. The van der Waals surface area contributed by atoms with Gasteiger partial charge in [0.2, 0.25) is 5.91 Å². The van der Waals surface area contributed by atoms with Crippen LogP contribution in [0.25, 0.3) is 0 Å². The number of amides is 1. The lowest BCUT2D eigenvalue weighted by atomic mass is 10.1. The number of anilines is 2. The molecule has 0 spiro atoms. The normalized spacial score (nSPS) is 15.1. The number of aromatic nitrogens is 3. The zero-order chi connectivity index (χ0) is 25.3. The van der Waals surface area contributed by atoms with E-state index in [-0.39, 0.29) is 24.8 Å². The molecule has 184 valence electrons. The topological polar surface area (TPSA) is 115 Å². The van der Waals surface area contributed by atoms with E-state index in [9.17, 15) is 22.8 Å². The number of pyridine rings is 1. The Bertz CT molecular complexity index is 1340. The van der Waals surface area contributed by atoms with E-state index in [1.54, 1.807) is 32.0 Å². The second kappa shape index (κ2) is 9.40. The predicted octanol–water partition coefficient (Wildman–Crippen LogP) is 3.27. The molecular weight excluding hydrogens is 461 g/mol. The van der Waals surface area contributed by atoms with Crippen LogP contribution in [-0.2, 0) is 30.5 Å². The molecule has 1 atom stereocenters. The van der Waals surface area contributed by atoms with Crippen molar-refractivity contribution in [2.75, 3.05) is 11.1 Å². The first kappa shape index (κ1) is 24.2. The average Bonchev–Trinajstić information content (AvgIpc) is 3.22. The largest absolute Gasteiger partial charge is 0.416 e. The van der Waals surface area contributed by atoms with Gasteiger partial charge in [-0.1, -0.05) is 17.7 Å². The lowest BCUT2D eigenvalue weighted by molar-refractivity contribution is -0.137. The van der Waals surface area contributed by atoms with Crippen LogP contribution in [-0.4, -0.2) is 20.4 Å². The number of carbonyl (C=O) groups is 1. The molecule has 4 N–H and O–H groups in total. The van der Waals surface area contributed by atoms with Crippen LogP contribution < -0.4 is 21.9 Å². The molecule has 0 fully saturated rings. The molecule has 4 rings (SSSR count). The molecule has 1 aromatic carbocycles. The summed E-state index contributed by atoms with van der Waals surface area (Å²) in [4.78, 5) is 34.3. The number of nitrogens with one attached hydrogen (secondary N) is 2. The number of nitrogens with zero attached hydrogens (tertiary/aromatic N) is 3. The molecule has 0 radical (unpaired) electrons. The number of alkyl halides is 3. The van der Waals surface area contributed by atoms with E-state index in [0.29, 0.717) is 41.2 Å². The van der Waals surface area contributed by atoms with E-state index in [1.807, 2.05) is 0 Å². The Hall–Kier alpha value is -3.89. The van der Waals surface area contributed by atoms with E-state index in [0.717, 1.165) is 17.7 Å². The van der Waals surface area contributed by atoms with Gasteiger partial charge in [-0.15, -0.1) is 0 Å². The zero-order valence-corrected chi connectivity index (χ0v) is 19.2. The van der Waals surface area contributed by atoms with Crippen molar-refractivity contribution in [3.05, 3.63) is 80.5 Å². The Morgan fingerprint density at radius 2 is 1.97 bits per heavy atom. The highest BCUT2D eigenvalue weighted by atomic mass is 19.4. The van der Waals surface area contributed by atoms with Crippen LogP contribution in [0, 0.1) is 13.8 Å². The third-order valence-corrected chi connectivity index (χ3v) is 5.96. The third-order valence-electron chi connectivity index (χ3n) is 5.96. The van der Waals surface area contributed by atoms with Crippen LogP contribution in [0.3, 0.4) is 0 Å². The van der Waals surface area contributed by atoms with Gasteiger partial charge in [0.15, 0.2) is 5.82 Å². The molecule has 1 aliphatic heterocycles. The maximum atomic E-state index is 13.1.